The van der Waals surface area contributed by atoms with Crippen LogP contribution < -0.4 is 0 Å². The van der Waals surface area contributed by atoms with E-state index in [1.807, 2.05) is 0 Å². The van der Waals surface area contributed by atoms with E-state index in [9.17, 15) is 14.4 Å². The predicted octanol–water partition coefficient (Wildman–Crippen LogP) is 3.14. The maximum Gasteiger partial charge on any atom is 0.338 e. The second-order valence-electron chi connectivity index (χ2n) is 6.57. The Hall–Kier alpha value is -3.19. The van der Waals surface area contributed by atoms with Gasteiger partial charge in [0.25, 0.3) is 0 Å². The average Bonchev–Trinajstić information content (AvgIpc) is 2.74. The molecule has 1 aliphatic rings. The van der Waals surface area contributed by atoms with Crippen LogP contribution in [0.2, 0.25) is 0 Å². The lowest BCUT2D eigenvalue weighted by Gasteiger charge is -2.35. The molecule has 2 aromatic rings. The van der Waals surface area contributed by atoms with Crippen LogP contribution in [0.25, 0.3) is 0 Å². The first-order valence-corrected chi connectivity index (χ1v) is 9.34. The summed E-state index contributed by atoms with van der Waals surface area (Å²) in [6.45, 7) is 1.15. The zero-order valence-electron chi connectivity index (χ0n) is 16.0. The lowest BCUT2D eigenvalue weighted by atomic mass is 10.0. The monoisotopic (exact) mass is 398 g/mol. The van der Waals surface area contributed by atoms with Crippen molar-refractivity contribution in [2.45, 2.75) is 38.3 Å². The van der Waals surface area contributed by atoms with E-state index in [-0.39, 0.29) is 6.61 Å². The highest BCUT2D eigenvalue weighted by atomic mass is 16.7. The minimum atomic E-state index is -0.778. The molecular formula is C22H22O7. The van der Waals surface area contributed by atoms with Crippen LogP contribution in [-0.2, 0) is 23.7 Å². The fourth-order valence-corrected chi connectivity index (χ4v) is 2.99. The highest BCUT2D eigenvalue weighted by molar-refractivity contribution is 5.90. The van der Waals surface area contributed by atoms with Crippen molar-refractivity contribution >= 4 is 17.9 Å². The van der Waals surface area contributed by atoms with Crippen molar-refractivity contribution in [2.75, 3.05) is 6.61 Å². The molecular weight excluding hydrogens is 376 g/mol. The lowest BCUT2D eigenvalue weighted by molar-refractivity contribution is -0.226. The van der Waals surface area contributed by atoms with Gasteiger partial charge in [-0.05, 0) is 30.7 Å². The molecule has 1 saturated heterocycles. The summed E-state index contributed by atoms with van der Waals surface area (Å²) >= 11 is 0. The van der Waals surface area contributed by atoms with Crippen molar-refractivity contribution < 1.29 is 33.3 Å². The van der Waals surface area contributed by atoms with Gasteiger partial charge in [-0.15, -0.1) is 0 Å². The summed E-state index contributed by atoms with van der Waals surface area (Å²) < 4.78 is 21.8. The third-order valence-corrected chi connectivity index (χ3v) is 4.38. The molecule has 7 nitrogen and oxygen atoms in total. The zero-order valence-corrected chi connectivity index (χ0v) is 16.0. The first kappa shape index (κ1) is 20.5. The van der Waals surface area contributed by atoms with Gasteiger partial charge in [-0.25, -0.2) is 9.59 Å². The Morgan fingerprint density at radius 1 is 0.862 bits per heavy atom. The first-order chi connectivity index (χ1) is 14.0. The quantitative estimate of drug-likeness (QED) is 0.546. The Kier molecular flexibility index (Phi) is 6.97. The molecule has 3 atom stereocenters. The summed E-state index contributed by atoms with van der Waals surface area (Å²) in [5, 5.41) is 0. The minimum Gasteiger partial charge on any atom is -0.459 e. The summed E-state index contributed by atoms with van der Waals surface area (Å²) in [5.74, 6) is -1.49. The first-order valence-electron chi connectivity index (χ1n) is 9.34. The number of hydrogen-bond donors (Lipinski definition) is 0. The van der Waals surface area contributed by atoms with E-state index < -0.39 is 36.4 Å². The zero-order chi connectivity index (χ0) is 20.6. The number of carbonyl (C=O) groups excluding carboxylic acids is 3. The summed E-state index contributed by atoms with van der Waals surface area (Å²) in [5.41, 5.74) is 0.812. The molecule has 0 unspecified atom stereocenters. The third-order valence-electron chi connectivity index (χ3n) is 4.38. The molecule has 7 heteroatoms. The SMILES string of the molecule is CC(=O)O[C@@H]1CC[C@@H](OC(=O)c2ccccc2)[C@@H](COC(=O)c2ccccc2)O1. The molecule has 0 aliphatic carbocycles. The van der Waals surface area contributed by atoms with Crippen LogP contribution in [0.1, 0.15) is 40.5 Å². The molecule has 3 rings (SSSR count). The maximum atomic E-state index is 12.4. The molecule has 1 heterocycles. The summed E-state index contributed by atoms with van der Waals surface area (Å²) in [4.78, 5) is 35.9. The minimum absolute atomic E-state index is 0.141. The molecule has 0 radical (unpaired) electrons. The Labute approximate surface area is 168 Å². The fraction of sp³-hybridized carbons (Fsp3) is 0.318. The third kappa shape index (κ3) is 5.89. The Morgan fingerprint density at radius 3 is 2.03 bits per heavy atom. The maximum absolute atomic E-state index is 12.4. The summed E-state index contributed by atoms with van der Waals surface area (Å²) in [7, 11) is 0. The molecule has 2 aromatic carbocycles. The molecule has 0 bridgehead atoms. The van der Waals surface area contributed by atoms with Crippen molar-refractivity contribution in [3.05, 3.63) is 71.8 Å². The number of carbonyl (C=O) groups is 3. The van der Waals surface area contributed by atoms with E-state index in [0.29, 0.717) is 24.0 Å². The van der Waals surface area contributed by atoms with Gasteiger partial charge >= 0.3 is 17.9 Å². The highest BCUT2D eigenvalue weighted by Crippen LogP contribution is 2.25. The van der Waals surface area contributed by atoms with Crippen molar-refractivity contribution in [3.8, 4) is 0 Å². The fourth-order valence-electron chi connectivity index (χ4n) is 2.99. The van der Waals surface area contributed by atoms with E-state index in [1.54, 1.807) is 60.7 Å². The van der Waals surface area contributed by atoms with Gasteiger partial charge in [-0.1, -0.05) is 36.4 Å². The van der Waals surface area contributed by atoms with Gasteiger partial charge in [-0.2, -0.15) is 0 Å². The van der Waals surface area contributed by atoms with E-state index in [4.69, 9.17) is 18.9 Å². The lowest BCUT2D eigenvalue weighted by Crippen LogP contribution is -2.45. The van der Waals surface area contributed by atoms with Crippen LogP contribution in [0.5, 0.6) is 0 Å². The smallest absolute Gasteiger partial charge is 0.338 e. The van der Waals surface area contributed by atoms with Gasteiger partial charge in [0.1, 0.15) is 18.8 Å². The van der Waals surface area contributed by atoms with Crippen molar-refractivity contribution in [2.24, 2.45) is 0 Å². The van der Waals surface area contributed by atoms with Crippen molar-refractivity contribution in [3.63, 3.8) is 0 Å². The van der Waals surface area contributed by atoms with Crippen LogP contribution in [0.3, 0.4) is 0 Å². The van der Waals surface area contributed by atoms with Crippen LogP contribution in [0.4, 0.5) is 0 Å². The molecule has 0 N–H and O–H groups in total. The largest absolute Gasteiger partial charge is 0.459 e. The molecule has 1 aliphatic heterocycles. The number of rotatable bonds is 6. The van der Waals surface area contributed by atoms with Crippen molar-refractivity contribution in [1.29, 1.82) is 0 Å². The highest BCUT2D eigenvalue weighted by Gasteiger charge is 2.36. The van der Waals surface area contributed by atoms with E-state index in [2.05, 4.69) is 0 Å². The second kappa shape index (κ2) is 9.84. The number of hydrogen-bond acceptors (Lipinski definition) is 7. The van der Waals surface area contributed by atoms with Crippen LogP contribution in [-0.4, -0.2) is 43.0 Å². The van der Waals surface area contributed by atoms with Gasteiger partial charge in [0, 0.05) is 13.3 Å². The van der Waals surface area contributed by atoms with Gasteiger partial charge in [0.05, 0.1) is 11.1 Å². The van der Waals surface area contributed by atoms with Gasteiger partial charge in [0.2, 0.25) is 6.29 Å². The van der Waals surface area contributed by atoms with Gasteiger partial charge in [-0.3, -0.25) is 4.79 Å². The van der Waals surface area contributed by atoms with E-state index >= 15 is 0 Å². The second-order valence-corrected chi connectivity index (χ2v) is 6.57. The van der Waals surface area contributed by atoms with Crippen LogP contribution >= 0.6 is 0 Å². The van der Waals surface area contributed by atoms with E-state index in [1.165, 1.54) is 6.92 Å². The van der Waals surface area contributed by atoms with Gasteiger partial charge in [0.15, 0.2) is 0 Å². The number of benzene rings is 2. The normalized spacial score (nSPS) is 21.1. The topological polar surface area (TPSA) is 88.1 Å². The Bertz CT molecular complexity index is 835. The average molecular weight is 398 g/mol. The van der Waals surface area contributed by atoms with E-state index in [0.717, 1.165) is 0 Å². The summed E-state index contributed by atoms with van der Waals surface area (Å²) in [6, 6.07) is 17.1. The molecule has 29 heavy (non-hydrogen) atoms. The molecule has 0 saturated carbocycles. The predicted molar refractivity (Wildman–Crippen MR) is 102 cm³/mol. The standard InChI is InChI=1S/C22H22O7/c1-15(23)27-20-13-12-18(29-22(25)17-10-6-3-7-11-17)19(28-20)14-26-21(24)16-8-4-2-5-9-16/h2-11,18-20H,12-14H2,1H3/t18-,19-,20+/m1/s1. The summed E-state index contributed by atoms with van der Waals surface area (Å²) in [6.07, 6.45) is -1.40. The van der Waals surface area contributed by atoms with Crippen molar-refractivity contribution in [1.82, 2.24) is 0 Å². The number of ether oxygens (including phenoxy) is 4. The molecule has 1 fully saturated rings. The van der Waals surface area contributed by atoms with Crippen LogP contribution in [0.15, 0.2) is 60.7 Å². The van der Waals surface area contributed by atoms with Crippen LogP contribution in [0, 0.1) is 0 Å². The molecule has 0 spiro atoms. The molecule has 0 aromatic heterocycles. The number of esters is 3. The molecule has 0 amide bonds. The molecule has 152 valence electrons. The Balaban J connectivity index is 1.65. The Morgan fingerprint density at radius 2 is 1.45 bits per heavy atom. The van der Waals surface area contributed by atoms with Gasteiger partial charge < -0.3 is 18.9 Å².